The van der Waals surface area contributed by atoms with E-state index in [4.69, 9.17) is 0 Å². The Balaban J connectivity index is 1.73. The molecule has 1 atom stereocenters. The molecule has 6 heteroatoms. The number of imidazole rings is 1. The number of hydrogen-bond acceptors (Lipinski definition) is 3. The van der Waals surface area contributed by atoms with Crippen molar-refractivity contribution >= 4 is 0 Å². The van der Waals surface area contributed by atoms with Crippen molar-refractivity contribution in [1.29, 1.82) is 0 Å². The van der Waals surface area contributed by atoms with Gasteiger partial charge in [0.05, 0.1) is 11.9 Å². The van der Waals surface area contributed by atoms with Gasteiger partial charge in [0.15, 0.2) is 0 Å². The minimum atomic E-state index is -2.80. The van der Waals surface area contributed by atoms with Gasteiger partial charge in [-0.2, -0.15) is 8.78 Å². The van der Waals surface area contributed by atoms with Crippen LogP contribution in [0.2, 0.25) is 0 Å². The summed E-state index contributed by atoms with van der Waals surface area (Å²) in [6.07, 6.45) is 4.06. The monoisotopic (exact) mass is 293 g/mol. The van der Waals surface area contributed by atoms with E-state index in [1.165, 1.54) is 12.1 Å². The van der Waals surface area contributed by atoms with Crippen molar-refractivity contribution in [3.63, 3.8) is 0 Å². The molecule has 1 aromatic heterocycles. The second-order valence-corrected chi connectivity index (χ2v) is 5.13. The topological polar surface area (TPSA) is 49.9 Å². The van der Waals surface area contributed by atoms with E-state index in [9.17, 15) is 8.78 Å². The summed E-state index contributed by atoms with van der Waals surface area (Å²) in [7, 11) is 0. The highest BCUT2D eigenvalue weighted by molar-refractivity contribution is 5.59. The SMILES string of the molecule is FC(F)Oc1ccc(-c2cnc(C3CCCNC3)[nH]2)cc1. The number of benzene rings is 1. The van der Waals surface area contributed by atoms with Gasteiger partial charge in [-0.3, -0.25) is 0 Å². The van der Waals surface area contributed by atoms with Crippen LogP contribution in [0.15, 0.2) is 30.5 Å². The number of hydrogen-bond donors (Lipinski definition) is 2. The predicted molar refractivity (Wildman–Crippen MR) is 75.5 cm³/mol. The van der Waals surface area contributed by atoms with Crippen molar-refractivity contribution in [2.45, 2.75) is 25.4 Å². The molecule has 1 unspecified atom stereocenters. The number of nitrogens with one attached hydrogen (secondary N) is 2. The summed E-state index contributed by atoms with van der Waals surface area (Å²) in [4.78, 5) is 7.76. The van der Waals surface area contributed by atoms with Crippen molar-refractivity contribution in [1.82, 2.24) is 15.3 Å². The Hall–Kier alpha value is -1.95. The molecule has 0 saturated carbocycles. The van der Waals surface area contributed by atoms with Gasteiger partial charge in [0.1, 0.15) is 11.6 Å². The molecule has 0 spiro atoms. The molecule has 21 heavy (non-hydrogen) atoms. The predicted octanol–water partition coefficient (Wildman–Crippen LogP) is 3.15. The number of aromatic nitrogens is 2. The summed E-state index contributed by atoms with van der Waals surface area (Å²) < 4.78 is 28.6. The number of piperidine rings is 1. The number of H-pyrrole nitrogens is 1. The number of alkyl halides is 2. The summed E-state index contributed by atoms with van der Waals surface area (Å²) in [6, 6.07) is 6.55. The molecule has 2 aromatic rings. The molecular formula is C15H17F2N3O. The Morgan fingerprint density at radius 3 is 2.71 bits per heavy atom. The molecule has 1 aliphatic rings. The molecule has 0 bridgehead atoms. The third-order valence-electron chi connectivity index (χ3n) is 3.67. The highest BCUT2D eigenvalue weighted by Crippen LogP contribution is 2.25. The largest absolute Gasteiger partial charge is 0.435 e. The number of halogens is 2. The zero-order chi connectivity index (χ0) is 14.7. The Labute approximate surface area is 121 Å². The van der Waals surface area contributed by atoms with Crippen LogP contribution >= 0.6 is 0 Å². The van der Waals surface area contributed by atoms with E-state index in [1.807, 2.05) is 0 Å². The third kappa shape index (κ3) is 3.39. The first-order chi connectivity index (χ1) is 10.2. The first-order valence-corrected chi connectivity index (χ1v) is 7.03. The maximum absolute atomic E-state index is 12.1. The van der Waals surface area contributed by atoms with Gasteiger partial charge in [-0.25, -0.2) is 4.98 Å². The first-order valence-electron chi connectivity index (χ1n) is 7.03. The standard InChI is InChI=1S/C15H17F2N3O/c16-15(17)21-12-5-3-10(4-6-12)13-9-19-14(20-13)11-2-1-7-18-8-11/h3-6,9,11,15,18H,1-2,7-8H2,(H,19,20). The van der Waals surface area contributed by atoms with Crippen LogP contribution < -0.4 is 10.1 Å². The van der Waals surface area contributed by atoms with Crippen LogP contribution in [0.4, 0.5) is 8.78 Å². The van der Waals surface area contributed by atoms with Gasteiger partial charge >= 0.3 is 6.61 Å². The van der Waals surface area contributed by atoms with Crippen LogP contribution in [0.3, 0.4) is 0 Å². The van der Waals surface area contributed by atoms with Gasteiger partial charge in [-0.1, -0.05) is 0 Å². The van der Waals surface area contributed by atoms with Crippen LogP contribution in [0.25, 0.3) is 11.3 Å². The minimum absolute atomic E-state index is 0.157. The maximum Gasteiger partial charge on any atom is 0.387 e. The lowest BCUT2D eigenvalue weighted by Crippen LogP contribution is -2.28. The average molecular weight is 293 g/mol. The van der Waals surface area contributed by atoms with Gasteiger partial charge in [0, 0.05) is 12.5 Å². The quantitative estimate of drug-likeness (QED) is 0.910. The Kier molecular flexibility index (Phi) is 4.15. The Morgan fingerprint density at radius 1 is 1.24 bits per heavy atom. The van der Waals surface area contributed by atoms with E-state index in [-0.39, 0.29) is 5.75 Å². The first kappa shape index (κ1) is 14.0. The smallest absolute Gasteiger partial charge is 0.387 e. The lowest BCUT2D eigenvalue weighted by molar-refractivity contribution is -0.0498. The fourth-order valence-electron chi connectivity index (χ4n) is 2.59. The highest BCUT2D eigenvalue weighted by Gasteiger charge is 2.18. The van der Waals surface area contributed by atoms with E-state index in [1.54, 1.807) is 18.3 Å². The number of aromatic amines is 1. The van der Waals surface area contributed by atoms with Crippen molar-refractivity contribution in [3.05, 3.63) is 36.3 Å². The van der Waals surface area contributed by atoms with E-state index in [0.29, 0.717) is 5.92 Å². The molecule has 1 fully saturated rings. The Morgan fingerprint density at radius 2 is 2.05 bits per heavy atom. The van der Waals surface area contributed by atoms with Crippen LogP contribution in [-0.4, -0.2) is 29.7 Å². The van der Waals surface area contributed by atoms with E-state index < -0.39 is 6.61 Å². The van der Waals surface area contributed by atoms with Gasteiger partial charge in [-0.05, 0) is 49.2 Å². The molecule has 0 radical (unpaired) electrons. The molecule has 1 saturated heterocycles. The highest BCUT2D eigenvalue weighted by atomic mass is 19.3. The molecule has 4 nitrogen and oxygen atoms in total. The second-order valence-electron chi connectivity index (χ2n) is 5.13. The van der Waals surface area contributed by atoms with Gasteiger partial charge in [0.2, 0.25) is 0 Å². The summed E-state index contributed by atoms with van der Waals surface area (Å²) in [6.45, 7) is -0.794. The van der Waals surface area contributed by atoms with Gasteiger partial charge in [0.25, 0.3) is 0 Å². The molecule has 3 rings (SSSR count). The van der Waals surface area contributed by atoms with Gasteiger partial charge < -0.3 is 15.0 Å². The molecule has 112 valence electrons. The van der Waals surface area contributed by atoms with Gasteiger partial charge in [-0.15, -0.1) is 0 Å². The maximum atomic E-state index is 12.1. The molecular weight excluding hydrogens is 276 g/mol. The number of rotatable bonds is 4. The normalized spacial score (nSPS) is 18.9. The van der Waals surface area contributed by atoms with Crippen molar-refractivity contribution < 1.29 is 13.5 Å². The van der Waals surface area contributed by atoms with Crippen LogP contribution in [0, 0.1) is 0 Å². The third-order valence-corrected chi connectivity index (χ3v) is 3.67. The molecule has 0 aliphatic carbocycles. The van der Waals surface area contributed by atoms with E-state index >= 15 is 0 Å². The fourth-order valence-corrected chi connectivity index (χ4v) is 2.59. The van der Waals surface area contributed by atoms with Crippen molar-refractivity contribution in [2.75, 3.05) is 13.1 Å². The second kappa shape index (κ2) is 6.22. The van der Waals surface area contributed by atoms with Crippen LogP contribution in [0.1, 0.15) is 24.6 Å². The van der Waals surface area contributed by atoms with Crippen LogP contribution in [0.5, 0.6) is 5.75 Å². The molecule has 1 aromatic carbocycles. The van der Waals surface area contributed by atoms with E-state index in [0.717, 1.165) is 43.0 Å². The molecule has 2 heterocycles. The summed E-state index contributed by atoms with van der Waals surface area (Å²) in [5.74, 6) is 1.55. The number of nitrogens with zero attached hydrogens (tertiary/aromatic N) is 1. The summed E-state index contributed by atoms with van der Waals surface area (Å²) in [5, 5.41) is 3.36. The zero-order valence-corrected chi connectivity index (χ0v) is 11.5. The molecule has 2 N–H and O–H groups in total. The fraction of sp³-hybridized carbons (Fsp3) is 0.400. The van der Waals surface area contributed by atoms with Crippen molar-refractivity contribution in [3.8, 4) is 17.0 Å². The zero-order valence-electron chi connectivity index (χ0n) is 11.5. The van der Waals surface area contributed by atoms with Crippen molar-refractivity contribution in [2.24, 2.45) is 0 Å². The Bertz CT molecular complexity index is 577. The lowest BCUT2D eigenvalue weighted by Gasteiger charge is -2.20. The molecule has 0 amide bonds. The minimum Gasteiger partial charge on any atom is -0.435 e. The average Bonchev–Trinajstić information content (AvgIpc) is 2.98. The lowest BCUT2D eigenvalue weighted by atomic mass is 9.99. The van der Waals surface area contributed by atoms with E-state index in [2.05, 4.69) is 20.0 Å². The van der Waals surface area contributed by atoms with Crippen LogP contribution in [-0.2, 0) is 0 Å². The number of ether oxygens (including phenoxy) is 1. The summed E-state index contributed by atoms with van der Waals surface area (Å²) in [5.41, 5.74) is 1.79. The molecule has 1 aliphatic heterocycles. The summed E-state index contributed by atoms with van der Waals surface area (Å²) >= 11 is 0.